The van der Waals surface area contributed by atoms with Gasteiger partial charge in [-0.25, -0.2) is 0 Å². The quantitative estimate of drug-likeness (QED) is 0.159. The third-order valence-corrected chi connectivity index (χ3v) is 9.37. The van der Waals surface area contributed by atoms with Crippen LogP contribution in [0.3, 0.4) is 0 Å². The summed E-state index contributed by atoms with van der Waals surface area (Å²) in [5.74, 6) is -1.86. The van der Waals surface area contributed by atoms with Gasteiger partial charge in [0.05, 0.1) is 17.4 Å². The Bertz CT molecular complexity index is 1000. The van der Waals surface area contributed by atoms with Crippen LogP contribution in [0.5, 0.6) is 0 Å². The van der Waals surface area contributed by atoms with Gasteiger partial charge < -0.3 is 19.3 Å². The van der Waals surface area contributed by atoms with Crippen molar-refractivity contribution in [2.24, 2.45) is 28.6 Å². The number of aliphatic hydroxyl groups is 1. The average molecular weight is 547 g/mol. The van der Waals surface area contributed by atoms with Crippen molar-refractivity contribution in [3.05, 3.63) is 36.5 Å². The van der Waals surface area contributed by atoms with E-state index in [0.29, 0.717) is 37.7 Å². The summed E-state index contributed by atoms with van der Waals surface area (Å²) in [6.07, 6.45) is 3.28. The van der Waals surface area contributed by atoms with E-state index >= 15 is 0 Å². The molecule has 1 saturated heterocycles. The fraction of sp³-hybridized carbons (Fsp3) is 0.710. The van der Waals surface area contributed by atoms with Gasteiger partial charge in [-0.05, 0) is 61.9 Å². The van der Waals surface area contributed by atoms with E-state index in [1.54, 1.807) is 12.2 Å². The maximum Gasteiger partial charge on any atom is 0.309 e. The fourth-order valence-corrected chi connectivity index (χ4v) is 6.68. The SMILES string of the molecule is C=CC(=C)CC[C@]1(C)[C@H]2C[C@H](OC(=O)[C@H](C)CC)C=C3[C@H](OC(=O)CCC)O[C@H](OC(C)=O)[C@@]32[C@H](O)C[C@@H]1C. The molecule has 0 unspecified atom stereocenters. The fourth-order valence-electron chi connectivity index (χ4n) is 6.68. The van der Waals surface area contributed by atoms with E-state index in [-0.39, 0.29) is 30.1 Å². The van der Waals surface area contributed by atoms with Crippen LogP contribution in [0.1, 0.15) is 86.5 Å². The molecule has 0 aromatic carbocycles. The number of aliphatic hydroxyl groups excluding tert-OH is 1. The smallest absolute Gasteiger partial charge is 0.309 e. The second kappa shape index (κ2) is 12.4. The molecule has 1 N–H and O–H groups in total. The maximum atomic E-state index is 12.9. The third kappa shape index (κ3) is 5.87. The van der Waals surface area contributed by atoms with Crippen molar-refractivity contribution < 1.29 is 38.4 Å². The number of carbonyl (C=O) groups is 3. The molecule has 8 nitrogen and oxygen atoms in total. The number of allylic oxidation sites excluding steroid dienone is 2. The molecule has 2 fully saturated rings. The molecule has 0 amide bonds. The summed E-state index contributed by atoms with van der Waals surface area (Å²) in [5, 5.41) is 11.8. The van der Waals surface area contributed by atoms with E-state index in [2.05, 4.69) is 27.0 Å². The molecule has 1 heterocycles. The molecule has 1 aliphatic heterocycles. The highest BCUT2D eigenvalue weighted by molar-refractivity contribution is 5.72. The van der Waals surface area contributed by atoms with Crippen LogP contribution in [-0.4, -0.2) is 47.8 Å². The van der Waals surface area contributed by atoms with Crippen molar-refractivity contribution in [3.8, 4) is 0 Å². The second-order valence-electron chi connectivity index (χ2n) is 11.8. The van der Waals surface area contributed by atoms with Crippen molar-refractivity contribution in [2.75, 3.05) is 0 Å². The van der Waals surface area contributed by atoms with Gasteiger partial charge in [-0.15, -0.1) is 0 Å². The molecule has 8 heteroatoms. The highest BCUT2D eigenvalue weighted by Gasteiger charge is 2.71. The number of esters is 3. The first-order valence-corrected chi connectivity index (χ1v) is 14.3. The lowest BCUT2D eigenvalue weighted by Crippen LogP contribution is -2.63. The molecule has 1 spiro atoms. The van der Waals surface area contributed by atoms with Crippen LogP contribution < -0.4 is 0 Å². The summed E-state index contributed by atoms with van der Waals surface area (Å²) in [6.45, 7) is 19.1. The number of ether oxygens (including phenoxy) is 4. The van der Waals surface area contributed by atoms with Crippen molar-refractivity contribution >= 4 is 17.9 Å². The van der Waals surface area contributed by atoms with Crippen LogP contribution >= 0.6 is 0 Å². The Kier molecular flexibility index (Phi) is 9.87. The molecule has 0 aromatic heterocycles. The van der Waals surface area contributed by atoms with Crippen molar-refractivity contribution in [2.45, 2.75) is 111 Å². The first-order valence-electron chi connectivity index (χ1n) is 14.3. The summed E-state index contributed by atoms with van der Waals surface area (Å²) in [5.41, 5.74) is -0.153. The molecule has 39 heavy (non-hydrogen) atoms. The van der Waals surface area contributed by atoms with Gasteiger partial charge in [-0.3, -0.25) is 19.1 Å². The summed E-state index contributed by atoms with van der Waals surface area (Å²) >= 11 is 0. The minimum atomic E-state index is -1.17. The van der Waals surface area contributed by atoms with Gasteiger partial charge in [0.15, 0.2) is 0 Å². The van der Waals surface area contributed by atoms with Crippen molar-refractivity contribution in [1.82, 2.24) is 0 Å². The molecule has 2 aliphatic carbocycles. The molecular weight excluding hydrogens is 500 g/mol. The molecule has 0 bridgehead atoms. The van der Waals surface area contributed by atoms with Gasteiger partial charge in [0.25, 0.3) is 0 Å². The van der Waals surface area contributed by atoms with E-state index in [1.807, 2.05) is 20.8 Å². The number of hydrogen-bond donors (Lipinski definition) is 1. The van der Waals surface area contributed by atoms with Crippen LogP contribution in [0.15, 0.2) is 36.5 Å². The first kappa shape index (κ1) is 31.1. The lowest BCUT2D eigenvalue weighted by Gasteiger charge is -2.60. The van der Waals surface area contributed by atoms with Crippen molar-refractivity contribution in [3.63, 3.8) is 0 Å². The predicted molar refractivity (Wildman–Crippen MR) is 146 cm³/mol. The van der Waals surface area contributed by atoms with Gasteiger partial charge >= 0.3 is 17.9 Å². The lowest BCUT2D eigenvalue weighted by molar-refractivity contribution is -0.255. The second-order valence-corrected chi connectivity index (χ2v) is 11.8. The van der Waals surface area contributed by atoms with Crippen LogP contribution in [0.25, 0.3) is 0 Å². The molecule has 3 rings (SSSR count). The Morgan fingerprint density at radius 2 is 1.90 bits per heavy atom. The number of rotatable bonds is 11. The first-order chi connectivity index (χ1) is 18.3. The van der Waals surface area contributed by atoms with Crippen LogP contribution in [0.2, 0.25) is 0 Å². The molecule has 3 aliphatic rings. The minimum Gasteiger partial charge on any atom is -0.458 e. The normalized spacial score (nSPS) is 36.0. The van der Waals surface area contributed by atoms with E-state index in [1.165, 1.54) is 6.92 Å². The summed E-state index contributed by atoms with van der Waals surface area (Å²) in [7, 11) is 0. The van der Waals surface area contributed by atoms with E-state index in [0.717, 1.165) is 12.0 Å². The highest BCUT2D eigenvalue weighted by Crippen LogP contribution is 2.67. The van der Waals surface area contributed by atoms with Gasteiger partial charge in [-0.2, -0.15) is 0 Å². The van der Waals surface area contributed by atoms with Gasteiger partial charge in [0.2, 0.25) is 12.6 Å². The Morgan fingerprint density at radius 1 is 1.21 bits per heavy atom. The minimum absolute atomic E-state index is 0.0747. The van der Waals surface area contributed by atoms with Crippen LogP contribution in [0, 0.1) is 28.6 Å². The Labute approximate surface area is 232 Å². The molecule has 0 aromatic rings. The molecule has 1 saturated carbocycles. The Morgan fingerprint density at radius 3 is 2.49 bits per heavy atom. The van der Waals surface area contributed by atoms with Crippen LogP contribution in [0.4, 0.5) is 0 Å². The summed E-state index contributed by atoms with van der Waals surface area (Å²) in [4.78, 5) is 37.8. The van der Waals surface area contributed by atoms with E-state index in [4.69, 9.17) is 18.9 Å². The third-order valence-electron chi connectivity index (χ3n) is 9.37. The molecule has 218 valence electrons. The molecule has 9 atom stereocenters. The van der Waals surface area contributed by atoms with Gasteiger partial charge in [0.1, 0.15) is 6.10 Å². The average Bonchev–Trinajstić information content (AvgIpc) is 3.17. The predicted octanol–water partition coefficient (Wildman–Crippen LogP) is 5.40. The largest absolute Gasteiger partial charge is 0.458 e. The zero-order valence-corrected chi connectivity index (χ0v) is 24.4. The van der Waals surface area contributed by atoms with E-state index < -0.39 is 47.6 Å². The van der Waals surface area contributed by atoms with Crippen LogP contribution in [-0.2, 0) is 33.3 Å². The Balaban J connectivity index is 2.18. The zero-order chi connectivity index (χ0) is 29.1. The van der Waals surface area contributed by atoms with E-state index in [9.17, 15) is 19.5 Å². The monoisotopic (exact) mass is 546 g/mol. The molecule has 0 radical (unpaired) electrons. The van der Waals surface area contributed by atoms with Gasteiger partial charge in [0, 0.05) is 18.9 Å². The summed E-state index contributed by atoms with van der Waals surface area (Å²) in [6, 6.07) is 0. The Hall–Kier alpha value is -2.45. The summed E-state index contributed by atoms with van der Waals surface area (Å²) < 4.78 is 23.7. The standard InChI is InChI=1S/C31H46O8/c1-9-12-26(34)38-28-23-16-22(37-27(35)19(5)11-3)17-24-30(8,14-13-18(4)10-2)20(6)15-25(33)31(23,24)29(39-28)36-21(7)32/h10,16,19-20,22,24-25,28-29,33H,2,4,9,11-15,17H2,1,3,5-8H3/t19-,20+,22-,24-,25-,28-,29+,30+,31+/m1/s1. The number of carbonyl (C=O) groups excluding carboxylic acids is 3. The zero-order valence-electron chi connectivity index (χ0n) is 24.4. The lowest BCUT2D eigenvalue weighted by atomic mass is 9.45. The van der Waals surface area contributed by atoms with Crippen molar-refractivity contribution in [1.29, 1.82) is 0 Å². The maximum absolute atomic E-state index is 12.9. The topological polar surface area (TPSA) is 108 Å². The molecular formula is C31H46O8. The number of hydrogen-bond acceptors (Lipinski definition) is 8. The van der Waals surface area contributed by atoms with Gasteiger partial charge in [-0.1, -0.05) is 59.4 Å². The highest BCUT2D eigenvalue weighted by atomic mass is 16.8.